The monoisotopic (exact) mass is 340 g/mol. The molecule has 0 atom stereocenters. The second-order valence-corrected chi connectivity index (χ2v) is 7.23. The number of rotatable bonds is 4. The van der Waals surface area contributed by atoms with E-state index in [0.717, 1.165) is 0 Å². The number of imidazole rings is 1. The van der Waals surface area contributed by atoms with Gasteiger partial charge in [-0.1, -0.05) is 0 Å². The average Bonchev–Trinajstić information content (AvgIpc) is 2.85. The first kappa shape index (κ1) is 14.6. The molecule has 21 heavy (non-hydrogen) atoms. The van der Waals surface area contributed by atoms with E-state index in [1.54, 1.807) is 10.1 Å². The maximum Gasteiger partial charge on any atom is 0.407 e. The number of thiazole rings is 1. The summed E-state index contributed by atoms with van der Waals surface area (Å²) in [7, 11) is -2.90. The molecule has 6 nitrogen and oxygen atoms in total. The van der Waals surface area contributed by atoms with Crippen molar-refractivity contribution < 1.29 is 21.6 Å². The van der Waals surface area contributed by atoms with Crippen molar-refractivity contribution in [2.75, 3.05) is 12.4 Å². The van der Waals surface area contributed by atoms with Crippen LogP contribution >= 0.6 is 11.3 Å². The molecule has 0 unspecified atom stereocenters. The Bertz CT molecular complexity index is 789. The summed E-state index contributed by atoms with van der Waals surface area (Å²) in [6, 6.07) is 0. The van der Waals surface area contributed by atoms with Crippen LogP contribution in [0.5, 0.6) is 0 Å². The predicted molar refractivity (Wildman–Crippen MR) is 71.0 cm³/mol. The first-order chi connectivity index (χ1) is 9.70. The summed E-state index contributed by atoms with van der Waals surface area (Å²) >= 11 is 1.19. The number of alkyl halides is 3. The lowest BCUT2D eigenvalue weighted by Gasteiger charge is -2.20. The zero-order valence-corrected chi connectivity index (χ0v) is 12.4. The fraction of sp³-hybridized carbons (Fsp3) is 0.500. The lowest BCUT2D eigenvalue weighted by Crippen LogP contribution is -2.48. The maximum absolute atomic E-state index is 12.9. The van der Waals surface area contributed by atoms with Gasteiger partial charge < -0.3 is 5.32 Å². The molecule has 1 aliphatic rings. The third-order valence-corrected chi connectivity index (χ3v) is 5.65. The first-order valence-corrected chi connectivity index (χ1v) is 8.30. The number of aromatic nitrogens is 2. The molecule has 116 valence electrons. The Hall–Kier alpha value is -1.33. The van der Waals surface area contributed by atoms with E-state index in [4.69, 9.17) is 0 Å². The molecule has 11 heteroatoms. The van der Waals surface area contributed by atoms with Crippen molar-refractivity contribution in [3.8, 4) is 0 Å². The maximum atomic E-state index is 12.9. The molecule has 0 bridgehead atoms. The molecule has 2 aromatic rings. The smallest absolute Gasteiger partial charge is 0.371 e. The number of fused-ring (bicyclic) bond motifs is 1. The number of halogens is 3. The van der Waals surface area contributed by atoms with Crippen LogP contribution in [0.4, 0.5) is 19.0 Å². The SMILES string of the molecule is CNc1nc2sccn2c1S(=O)(=O)NC1(C(F)(F)F)CC1. The predicted octanol–water partition coefficient (Wildman–Crippen LogP) is 1.81. The van der Waals surface area contributed by atoms with Crippen molar-refractivity contribution in [1.29, 1.82) is 0 Å². The number of hydrogen-bond acceptors (Lipinski definition) is 5. The lowest BCUT2D eigenvalue weighted by atomic mass is 10.3. The van der Waals surface area contributed by atoms with Gasteiger partial charge in [-0.25, -0.2) is 13.4 Å². The van der Waals surface area contributed by atoms with E-state index >= 15 is 0 Å². The quantitative estimate of drug-likeness (QED) is 0.890. The Kier molecular flexibility index (Phi) is 3.01. The van der Waals surface area contributed by atoms with E-state index in [9.17, 15) is 21.6 Å². The van der Waals surface area contributed by atoms with E-state index in [1.165, 1.54) is 29.0 Å². The highest BCUT2D eigenvalue weighted by Gasteiger charge is 2.65. The van der Waals surface area contributed by atoms with Gasteiger partial charge in [-0.2, -0.15) is 17.9 Å². The molecule has 0 aliphatic heterocycles. The van der Waals surface area contributed by atoms with Crippen molar-refractivity contribution >= 4 is 32.1 Å². The molecule has 2 aromatic heterocycles. The molecular weight excluding hydrogens is 329 g/mol. The highest BCUT2D eigenvalue weighted by atomic mass is 32.2. The van der Waals surface area contributed by atoms with Crippen molar-refractivity contribution in [1.82, 2.24) is 14.1 Å². The zero-order valence-electron chi connectivity index (χ0n) is 10.7. The standard InChI is InChI=1S/C10H11F3N4O2S2/c1-14-6-7(17-4-5-20-8(17)15-6)21(18,19)16-9(2-3-9)10(11,12)13/h4-5,14,16H,2-3H2,1H3. The lowest BCUT2D eigenvalue weighted by molar-refractivity contribution is -0.160. The highest BCUT2D eigenvalue weighted by Crippen LogP contribution is 2.50. The van der Waals surface area contributed by atoms with Gasteiger partial charge in [0.2, 0.25) is 0 Å². The van der Waals surface area contributed by atoms with E-state index in [0.29, 0.717) is 4.96 Å². The van der Waals surface area contributed by atoms with Gasteiger partial charge in [-0.15, -0.1) is 11.3 Å². The topological polar surface area (TPSA) is 75.5 Å². The van der Waals surface area contributed by atoms with Gasteiger partial charge in [-0.05, 0) is 12.8 Å². The summed E-state index contributed by atoms with van der Waals surface area (Å²) in [6.45, 7) is 0. The Balaban J connectivity index is 2.07. The molecule has 0 radical (unpaired) electrons. The highest BCUT2D eigenvalue weighted by molar-refractivity contribution is 7.89. The number of sulfonamides is 1. The molecule has 0 amide bonds. The van der Waals surface area contributed by atoms with Crippen LogP contribution in [0.2, 0.25) is 0 Å². The van der Waals surface area contributed by atoms with Gasteiger partial charge >= 0.3 is 6.18 Å². The van der Waals surface area contributed by atoms with Crippen LogP contribution in [0.25, 0.3) is 4.96 Å². The van der Waals surface area contributed by atoms with Gasteiger partial charge in [0.25, 0.3) is 10.0 Å². The van der Waals surface area contributed by atoms with E-state index in [-0.39, 0.29) is 23.7 Å². The fourth-order valence-electron chi connectivity index (χ4n) is 2.06. The molecule has 0 aromatic carbocycles. The van der Waals surface area contributed by atoms with Crippen molar-refractivity contribution in [3.05, 3.63) is 11.6 Å². The first-order valence-electron chi connectivity index (χ1n) is 5.94. The third-order valence-electron chi connectivity index (χ3n) is 3.33. The molecular formula is C10H11F3N4O2S2. The molecule has 2 N–H and O–H groups in total. The van der Waals surface area contributed by atoms with Gasteiger partial charge in [0.1, 0.15) is 5.54 Å². The van der Waals surface area contributed by atoms with Gasteiger partial charge in [-0.3, -0.25) is 4.40 Å². The van der Waals surface area contributed by atoms with Crippen LogP contribution in [0.15, 0.2) is 16.6 Å². The Labute approximate surface area is 122 Å². The van der Waals surface area contributed by atoms with Crippen LogP contribution in [-0.4, -0.2) is 36.6 Å². The van der Waals surface area contributed by atoms with Crippen LogP contribution in [-0.2, 0) is 10.0 Å². The largest absolute Gasteiger partial charge is 0.407 e. The van der Waals surface area contributed by atoms with E-state index in [1.807, 2.05) is 0 Å². The fourth-order valence-corrected chi connectivity index (χ4v) is 4.57. The van der Waals surface area contributed by atoms with Gasteiger partial charge in [0, 0.05) is 18.6 Å². The average molecular weight is 340 g/mol. The minimum Gasteiger partial charge on any atom is -0.371 e. The molecule has 1 saturated carbocycles. The Morgan fingerprint density at radius 1 is 1.43 bits per heavy atom. The summed E-state index contributed by atoms with van der Waals surface area (Å²) in [5.41, 5.74) is -2.35. The van der Waals surface area contributed by atoms with Gasteiger partial charge in [0.05, 0.1) is 0 Å². The van der Waals surface area contributed by atoms with Crippen LogP contribution in [0.3, 0.4) is 0 Å². The van der Waals surface area contributed by atoms with Crippen LogP contribution in [0, 0.1) is 0 Å². The molecule has 2 heterocycles. The normalized spacial score (nSPS) is 18.1. The molecule has 3 rings (SSSR count). The third kappa shape index (κ3) is 2.19. The zero-order chi connectivity index (χ0) is 15.5. The minimum absolute atomic E-state index is 0.0207. The molecule has 0 spiro atoms. The number of nitrogens with one attached hydrogen (secondary N) is 2. The summed E-state index contributed by atoms with van der Waals surface area (Å²) < 4.78 is 66.6. The number of nitrogens with zero attached hydrogens (tertiary/aromatic N) is 2. The summed E-state index contributed by atoms with van der Waals surface area (Å²) in [6.07, 6.45) is -3.67. The summed E-state index contributed by atoms with van der Waals surface area (Å²) in [5, 5.41) is 3.90. The number of anilines is 1. The van der Waals surface area contributed by atoms with Crippen molar-refractivity contribution in [2.24, 2.45) is 0 Å². The minimum atomic E-state index is -4.61. The van der Waals surface area contributed by atoms with E-state index in [2.05, 4.69) is 10.3 Å². The molecule has 0 saturated heterocycles. The Morgan fingerprint density at radius 2 is 2.10 bits per heavy atom. The van der Waals surface area contributed by atoms with E-state index < -0.39 is 21.7 Å². The van der Waals surface area contributed by atoms with Crippen LogP contribution < -0.4 is 10.0 Å². The van der Waals surface area contributed by atoms with Crippen LogP contribution in [0.1, 0.15) is 12.8 Å². The summed E-state index contributed by atoms with van der Waals surface area (Å²) in [5.74, 6) is 0.0207. The number of hydrogen-bond donors (Lipinski definition) is 2. The second kappa shape index (κ2) is 4.34. The summed E-state index contributed by atoms with van der Waals surface area (Å²) in [4.78, 5) is 4.43. The molecule has 1 aliphatic carbocycles. The Morgan fingerprint density at radius 3 is 2.62 bits per heavy atom. The van der Waals surface area contributed by atoms with Crippen molar-refractivity contribution in [3.63, 3.8) is 0 Å². The van der Waals surface area contributed by atoms with Crippen molar-refractivity contribution in [2.45, 2.75) is 29.6 Å². The second-order valence-electron chi connectivity index (χ2n) is 4.76. The molecule has 1 fully saturated rings. The van der Waals surface area contributed by atoms with Gasteiger partial charge in [0.15, 0.2) is 15.8 Å².